The third-order valence-corrected chi connectivity index (χ3v) is 3.56. The quantitative estimate of drug-likeness (QED) is 0.651. The maximum Gasteiger partial charge on any atom is 0.315 e. The molecule has 16 heavy (non-hydrogen) atoms. The molecule has 0 spiro atoms. The van der Waals surface area contributed by atoms with Crippen LogP contribution in [-0.2, 0) is 16.1 Å². The first-order valence-electron chi connectivity index (χ1n) is 4.80. The number of hydrogen-bond donors (Lipinski definition) is 1. The van der Waals surface area contributed by atoms with Crippen molar-refractivity contribution in [1.82, 2.24) is 5.32 Å². The lowest BCUT2D eigenvalue weighted by atomic mass is 10.2. The molecule has 88 valence electrons. The molecule has 0 aliphatic carbocycles. The molecule has 0 saturated heterocycles. The Morgan fingerprint density at radius 2 is 2.31 bits per heavy atom. The maximum absolute atomic E-state index is 11.1. The molecule has 0 aliphatic heterocycles. The zero-order chi connectivity index (χ0) is 12.0. The highest BCUT2D eigenvalue weighted by Crippen LogP contribution is 2.30. The highest BCUT2D eigenvalue weighted by atomic mass is 35.5. The lowest BCUT2D eigenvalue weighted by molar-refractivity contribution is -0.137. The summed E-state index contributed by atoms with van der Waals surface area (Å²) in [5.41, 5.74) is 1.09. The van der Waals surface area contributed by atoms with Gasteiger partial charge in [-0.1, -0.05) is 23.7 Å². The van der Waals surface area contributed by atoms with E-state index in [1.165, 1.54) is 18.9 Å². The Hall–Kier alpha value is -0.710. The van der Waals surface area contributed by atoms with Gasteiger partial charge in [0.2, 0.25) is 0 Å². The Kier molecular flexibility index (Phi) is 5.66. The van der Waals surface area contributed by atoms with Crippen molar-refractivity contribution < 1.29 is 9.53 Å². The highest BCUT2D eigenvalue weighted by Gasteiger charge is 2.09. The summed E-state index contributed by atoms with van der Waals surface area (Å²) in [6.45, 7) is 0.726. The summed E-state index contributed by atoms with van der Waals surface area (Å²) in [4.78, 5) is 12.0. The number of halogens is 1. The molecule has 1 rings (SSSR count). The van der Waals surface area contributed by atoms with Crippen molar-refractivity contribution in [2.75, 3.05) is 19.9 Å². The Balaban J connectivity index is 2.79. The van der Waals surface area contributed by atoms with E-state index in [1.807, 2.05) is 25.2 Å². The standard InChI is InChI=1S/C11H14ClNO2S/c1-13-6-8-4-3-5-9(12)11(8)16-7-10(14)15-2/h3-5,13H,6-7H2,1-2H3. The van der Waals surface area contributed by atoms with Crippen LogP contribution in [0.15, 0.2) is 23.1 Å². The van der Waals surface area contributed by atoms with Crippen LogP contribution in [0.3, 0.4) is 0 Å². The van der Waals surface area contributed by atoms with Gasteiger partial charge in [0.15, 0.2) is 0 Å². The van der Waals surface area contributed by atoms with Crippen molar-refractivity contribution in [2.24, 2.45) is 0 Å². The van der Waals surface area contributed by atoms with Gasteiger partial charge in [0, 0.05) is 11.4 Å². The lowest BCUT2D eigenvalue weighted by Gasteiger charge is -2.09. The number of esters is 1. The first-order chi connectivity index (χ1) is 7.69. The van der Waals surface area contributed by atoms with Crippen molar-refractivity contribution in [2.45, 2.75) is 11.4 Å². The molecule has 0 fully saturated rings. The lowest BCUT2D eigenvalue weighted by Crippen LogP contribution is -2.08. The third-order valence-electron chi connectivity index (χ3n) is 1.98. The second-order valence-electron chi connectivity index (χ2n) is 3.12. The predicted octanol–water partition coefficient (Wildman–Crippen LogP) is 2.32. The molecule has 3 nitrogen and oxygen atoms in total. The largest absolute Gasteiger partial charge is 0.468 e. The SMILES string of the molecule is CNCc1cccc(Cl)c1SCC(=O)OC. The number of thioether (sulfide) groups is 1. The smallest absolute Gasteiger partial charge is 0.315 e. The molecule has 0 aliphatic rings. The van der Waals surface area contributed by atoms with Crippen molar-refractivity contribution in [3.63, 3.8) is 0 Å². The minimum Gasteiger partial charge on any atom is -0.468 e. The zero-order valence-corrected chi connectivity index (χ0v) is 10.8. The molecule has 5 heteroatoms. The highest BCUT2D eigenvalue weighted by molar-refractivity contribution is 8.00. The van der Waals surface area contributed by atoms with E-state index in [-0.39, 0.29) is 11.7 Å². The second-order valence-corrected chi connectivity index (χ2v) is 4.52. The van der Waals surface area contributed by atoms with Crippen LogP contribution >= 0.6 is 23.4 Å². The Morgan fingerprint density at radius 3 is 2.94 bits per heavy atom. The molecule has 0 amide bonds. The number of benzene rings is 1. The molecule has 0 radical (unpaired) electrons. The van der Waals surface area contributed by atoms with Crippen molar-refractivity contribution in [3.8, 4) is 0 Å². The molecule has 0 atom stereocenters. The summed E-state index contributed by atoms with van der Waals surface area (Å²) in [7, 11) is 3.25. The van der Waals surface area contributed by atoms with E-state index in [9.17, 15) is 4.79 Å². The van der Waals surface area contributed by atoms with Gasteiger partial charge in [-0.2, -0.15) is 0 Å². The van der Waals surface area contributed by atoms with Gasteiger partial charge in [-0.25, -0.2) is 0 Å². The van der Waals surface area contributed by atoms with E-state index in [0.29, 0.717) is 5.02 Å². The molecule has 0 unspecified atom stereocenters. The third kappa shape index (κ3) is 3.70. The molecule has 0 heterocycles. The van der Waals surface area contributed by atoms with Crippen LogP contribution in [0.5, 0.6) is 0 Å². The van der Waals surface area contributed by atoms with Gasteiger partial charge in [0.05, 0.1) is 17.9 Å². The van der Waals surface area contributed by atoms with E-state index in [2.05, 4.69) is 10.1 Å². The number of ether oxygens (including phenoxy) is 1. The summed E-state index contributed by atoms with van der Waals surface area (Å²) in [6, 6.07) is 5.71. The predicted molar refractivity (Wildman–Crippen MR) is 67.0 cm³/mol. The van der Waals surface area contributed by atoms with Crippen molar-refractivity contribution in [3.05, 3.63) is 28.8 Å². The second kappa shape index (κ2) is 6.78. The van der Waals surface area contributed by atoms with Gasteiger partial charge in [-0.15, -0.1) is 11.8 Å². The average molecular weight is 260 g/mol. The minimum absolute atomic E-state index is 0.250. The summed E-state index contributed by atoms with van der Waals surface area (Å²) < 4.78 is 4.59. The normalized spacial score (nSPS) is 10.2. The van der Waals surface area contributed by atoms with Crippen LogP contribution in [0, 0.1) is 0 Å². The molecule has 0 saturated carbocycles. The number of nitrogens with one attached hydrogen (secondary N) is 1. The molecule has 0 bridgehead atoms. The fourth-order valence-electron chi connectivity index (χ4n) is 1.23. The van der Waals surface area contributed by atoms with Crippen molar-refractivity contribution >= 4 is 29.3 Å². The first-order valence-corrected chi connectivity index (χ1v) is 6.17. The van der Waals surface area contributed by atoms with E-state index >= 15 is 0 Å². The zero-order valence-electron chi connectivity index (χ0n) is 9.25. The molecular formula is C11H14ClNO2S. The number of hydrogen-bond acceptors (Lipinski definition) is 4. The molecule has 1 aromatic carbocycles. The maximum atomic E-state index is 11.1. The summed E-state index contributed by atoms with van der Waals surface area (Å²) in [6.07, 6.45) is 0. The first kappa shape index (κ1) is 13.4. The summed E-state index contributed by atoms with van der Waals surface area (Å²) in [5, 5.41) is 3.73. The van der Waals surface area contributed by atoms with Gasteiger partial charge < -0.3 is 10.1 Å². The molecule has 1 N–H and O–H groups in total. The fourth-order valence-corrected chi connectivity index (χ4v) is 2.50. The van der Waals surface area contributed by atoms with E-state index in [4.69, 9.17) is 11.6 Å². The Morgan fingerprint density at radius 1 is 1.56 bits per heavy atom. The molecule has 1 aromatic rings. The number of carbonyl (C=O) groups excluding carboxylic acids is 1. The van der Waals surface area contributed by atoms with Crippen LogP contribution in [0.1, 0.15) is 5.56 Å². The van der Waals surface area contributed by atoms with Crippen molar-refractivity contribution in [1.29, 1.82) is 0 Å². The molecule has 0 aromatic heterocycles. The van der Waals surface area contributed by atoms with Crippen LogP contribution in [0.2, 0.25) is 5.02 Å². The van der Waals surface area contributed by atoms with E-state index in [1.54, 1.807) is 0 Å². The van der Waals surface area contributed by atoms with Gasteiger partial charge in [0.1, 0.15) is 0 Å². The van der Waals surface area contributed by atoms with Gasteiger partial charge in [-0.3, -0.25) is 4.79 Å². The van der Waals surface area contributed by atoms with Crippen LogP contribution in [0.4, 0.5) is 0 Å². The van der Waals surface area contributed by atoms with E-state index in [0.717, 1.165) is 17.0 Å². The fraction of sp³-hybridized carbons (Fsp3) is 0.364. The van der Waals surface area contributed by atoms with Crippen LogP contribution in [-0.4, -0.2) is 25.9 Å². The summed E-state index contributed by atoms with van der Waals surface area (Å²) in [5.74, 6) is 0.0251. The average Bonchev–Trinajstić information content (AvgIpc) is 2.28. The number of carbonyl (C=O) groups is 1. The van der Waals surface area contributed by atoms with Gasteiger partial charge in [0.25, 0.3) is 0 Å². The van der Waals surface area contributed by atoms with Gasteiger partial charge in [-0.05, 0) is 18.7 Å². The van der Waals surface area contributed by atoms with Gasteiger partial charge >= 0.3 is 5.97 Å². The summed E-state index contributed by atoms with van der Waals surface area (Å²) >= 11 is 7.49. The number of methoxy groups -OCH3 is 1. The topological polar surface area (TPSA) is 38.3 Å². The monoisotopic (exact) mass is 259 g/mol. The minimum atomic E-state index is -0.250. The Bertz CT molecular complexity index is 371. The molecular weight excluding hydrogens is 246 g/mol. The van der Waals surface area contributed by atoms with Crippen LogP contribution < -0.4 is 5.32 Å². The van der Waals surface area contributed by atoms with E-state index < -0.39 is 0 Å². The Labute approximate surface area is 105 Å². The number of rotatable bonds is 5. The van der Waals surface area contributed by atoms with Crippen LogP contribution in [0.25, 0.3) is 0 Å².